The van der Waals surface area contributed by atoms with Gasteiger partial charge in [0.1, 0.15) is 17.2 Å². The summed E-state index contributed by atoms with van der Waals surface area (Å²) in [6, 6.07) is 12.5. The molecule has 1 saturated heterocycles. The van der Waals surface area contributed by atoms with Gasteiger partial charge in [0.15, 0.2) is 5.17 Å². The third-order valence-corrected chi connectivity index (χ3v) is 5.83. The van der Waals surface area contributed by atoms with E-state index in [1.807, 2.05) is 30.3 Å². The van der Waals surface area contributed by atoms with Gasteiger partial charge in [0, 0.05) is 36.4 Å². The van der Waals surface area contributed by atoms with Crippen molar-refractivity contribution < 1.29 is 9.13 Å². The first-order valence-corrected chi connectivity index (χ1v) is 9.10. The summed E-state index contributed by atoms with van der Waals surface area (Å²) in [6.45, 7) is 1.29. The number of fused-ring (bicyclic) bond motifs is 1. The summed E-state index contributed by atoms with van der Waals surface area (Å²) in [6.07, 6.45) is 0. The van der Waals surface area contributed by atoms with Gasteiger partial charge in [-0.15, -0.1) is 0 Å². The molecule has 0 aliphatic carbocycles. The Labute approximate surface area is 150 Å². The van der Waals surface area contributed by atoms with Gasteiger partial charge in [-0.3, -0.25) is 0 Å². The molecule has 1 aromatic carbocycles. The summed E-state index contributed by atoms with van der Waals surface area (Å²) in [4.78, 5) is 11.4. The number of nitrogens with two attached hydrogens (primary N) is 1. The topological polar surface area (TPSA) is 63.7 Å². The maximum atomic E-state index is 14.6. The van der Waals surface area contributed by atoms with Crippen LogP contribution in [0.4, 0.5) is 10.2 Å². The van der Waals surface area contributed by atoms with Crippen LogP contribution in [0.5, 0.6) is 5.88 Å². The minimum Gasteiger partial charge on any atom is -0.481 e. The molecule has 0 unspecified atom stereocenters. The summed E-state index contributed by atoms with van der Waals surface area (Å²) in [7, 11) is 1.60. The van der Waals surface area contributed by atoms with Crippen molar-refractivity contribution in [2.45, 2.75) is 5.54 Å². The van der Waals surface area contributed by atoms with Gasteiger partial charge in [-0.05, 0) is 12.1 Å². The quantitative estimate of drug-likeness (QED) is 0.914. The minimum absolute atomic E-state index is 0.162. The summed E-state index contributed by atoms with van der Waals surface area (Å²) >= 11 is 1.53. The van der Waals surface area contributed by atoms with Crippen LogP contribution in [0.3, 0.4) is 0 Å². The van der Waals surface area contributed by atoms with Crippen molar-refractivity contribution in [2.24, 2.45) is 16.6 Å². The molecule has 2 N–H and O–H groups in total. The lowest BCUT2D eigenvalue weighted by Gasteiger charge is -2.34. The first kappa shape index (κ1) is 16.2. The standard InChI is InChI=1S/C18H19FN4OS/c1-24-16-8-4-7-15(21-16)23-9-12-10-25-17(20)22-18(12,11-23)13-5-2-3-6-14(13)19/h2-8,12H,9-11H2,1H3,(H2,20,22)/t12-,18-/m0/s1. The molecule has 7 heteroatoms. The van der Waals surface area contributed by atoms with Gasteiger partial charge >= 0.3 is 0 Å². The van der Waals surface area contributed by atoms with E-state index in [-0.39, 0.29) is 11.7 Å². The fourth-order valence-corrected chi connectivity index (χ4v) is 4.66. The monoisotopic (exact) mass is 358 g/mol. The van der Waals surface area contributed by atoms with Crippen molar-refractivity contribution in [3.05, 3.63) is 53.8 Å². The molecule has 0 bridgehead atoms. The van der Waals surface area contributed by atoms with Crippen LogP contribution < -0.4 is 15.4 Å². The molecule has 0 amide bonds. The number of hydrogen-bond donors (Lipinski definition) is 1. The minimum atomic E-state index is -0.675. The molecule has 0 spiro atoms. The molecule has 3 heterocycles. The Bertz CT molecular complexity index is 830. The number of aromatic nitrogens is 1. The zero-order valence-corrected chi connectivity index (χ0v) is 14.7. The highest BCUT2D eigenvalue weighted by Crippen LogP contribution is 2.47. The predicted octanol–water partition coefficient (Wildman–Crippen LogP) is 2.62. The third kappa shape index (κ3) is 2.72. The van der Waals surface area contributed by atoms with E-state index >= 15 is 0 Å². The first-order chi connectivity index (χ1) is 12.1. The van der Waals surface area contributed by atoms with E-state index in [0.717, 1.165) is 18.1 Å². The van der Waals surface area contributed by atoms with Crippen molar-refractivity contribution in [1.82, 2.24) is 4.98 Å². The summed E-state index contributed by atoms with van der Waals surface area (Å²) in [5.74, 6) is 2.10. The molecular weight excluding hydrogens is 339 g/mol. The Morgan fingerprint density at radius 3 is 2.92 bits per heavy atom. The van der Waals surface area contributed by atoms with Gasteiger partial charge in [0.2, 0.25) is 5.88 Å². The van der Waals surface area contributed by atoms with Gasteiger partial charge in [-0.25, -0.2) is 9.38 Å². The maximum Gasteiger partial charge on any atom is 0.214 e. The maximum absolute atomic E-state index is 14.6. The van der Waals surface area contributed by atoms with Crippen LogP contribution in [0.25, 0.3) is 0 Å². The number of ether oxygens (including phenoxy) is 1. The normalized spacial score (nSPS) is 25.4. The van der Waals surface area contributed by atoms with Crippen molar-refractivity contribution in [3.63, 3.8) is 0 Å². The van der Waals surface area contributed by atoms with E-state index in [1.165, 1.54) is 17.8 Å². The Morgan fingerprint density at radius 2 is 2.12 bits per heavy atom. The molecule has 2 aromatic rings. The van der Waals surface area contributed by atoms with Crippen molar-refractivity contribution >= 4 is 22.7 Å². The summed E-state index contributed by atoms with van der Waals surface area (Å²) < 4.78 is 19.8. The van der Waals surface area contributed by atoms with Gasteiger partial charge < -0.3 is 15.4 Å². The smallest absolute Gasteiger partial charge is 0.214 e. The van der Waals surface area contributed by atoms with E-state index in [2.05, 4.69) is 9.88 Å². The molecule has 0 radical (unpaired) electrons. The molecule has 5 nitrogen and oxygen atoms in total. The Morgan fingerprint density at radius 1 is 1.28 bits per heavy atom. The molecular formula is C18H19FN4OS. The Hall–Kier alpha value is -2.28. The molecule has 1 fully saturated rings. The number of methoxy groups -OCH3 is 1. The number of nitrogens with zero attached hydrogens (tertiary/aromatic N) is 3. The van der Waals surface area contributed by atoms with E-state index in [9.17, 15) is 4.39 Å². The second kappa shape index (κ2) is 6.22. The lowest BCUT2D eigenvalue weighted by Crippen LogP contribution is -2.40. The SMILES string of the molecule is COc1cccc(N2C[C@H]3CSC(N)=N[C@@]3(c3ccccc3F)C2)n1. The second-order valence-corrected chi connectivity index (χ2v) is 7.32. The Kier molecular flexibility index (Phi) is 4.03. The van der Waals surface area contributed by atoms with Gasteiger partial charge in [-0.2, -0.15) is 4.98 Å². The third-order valence-electron chi connectivity index (χ3n) is 4.87. The van der Waals surface area contributed by atoms with E-state index in [4.69, 9.17) is 15.5 Å². The number of amidine groups is 1. The van der Waals surface area contributed by atoms with Crippen LogP contribution in [0, 0.1) is 11.7 Å². The van der Waals surface area contributed by atoms with E-state index in [1.54, 1.807) is 13.2 Å². The number of aliphatic imine (C=N–C) groups is 1. The first-order valence-electron chi connectivity index (χ1n) is 8.11. The molecule has 130 valence electrons. The summed E-state index contributed by atoms with van der Waals surface area (Å²) in [5.41, 5.74) is 5.96. The zero-order valence-electron chi connectivity index (χ0n) is 13.9. The predicted molar refractivity (Wildman–Crippen MR) is 98.7 cm³/mol. The molecule has 4 rings (SSSR count). The average molecular weight is 358 g/mol. The van der Waals surface area contributed by atoms with Gasteiger partial charge in [-0.1, -0.05) is 36.0 Å². The highest BCUT2D eigenvalue weighted by Gasteiger charge is 2.51. The molecule has 25 heavy (non-hydrogen) atoms. The molecule has 2 atom stereocenters. The number of rotatable bonds is 3. The molecule has 1 aromatic heterocycles. The van der Waals surface area contributed by atoms with Crippen LogP contribution in [0.1, 0.15) is 5.56 Å². The second-order valence-electron chi connectivity index (χ2n) is 6.28. The number of thioether (sulfide) groups is 1. The van der Waals surface area contributed by atoms with E-state index < -0.39 is 5.54 Å². The molecule has 2 aliphatic heterocycles. The molecule has 0 saturated carbocycles. The highest BCUT2D eigenvalue weighted by atomic mass is 32.2. The fourth-order valence-electron chi connectivity index (χ4n) is 3.68. The van der Waals surface area contributed by atoms with Crippen LogP contribution in [0.15, 0.2) is 47.5 Å². The zero-order chi connectivity index (χ0) is 17.4. The van der Waals surface area contributed by atoms with Gasteiger partial charge in [0.25, 0.3) is 0 Å². The van der Waals surface area contributed by atoms with Crippen LogP contribution in [-0.4, -0.2) is 36.1 Å². The van der Waals surface area contributed by atoms with Gasteiger partial charge in [0.05, 0.1) is 7.11 Å². The van der Waals surface area contributed by atoms with Crippen LogP contribution >= 0.6 is 11.8 Å². The number of anilines is 1. The fraction of sp³-hybridized carbons (Fsp3) is 0.333. The van der Waals surface area contributed by atoms with Crippen LogP contribution in [-0.2, 0) is 5.54 Å². The van der Waals surface area contributed by atoms with Crippen molar-refractivity contribution in [1.29, 1.82) is 0 Å². The largest absolute Gasteiger partial charge is 0.481 e. The lowest BCUT2D eigenvalue weighted by atomic mass is 9.81. The summed E-state index contributed by atoms with van der Waals surface area (Å²) in [5, 5.41) is 0.514. The Balaban J connectivity index is 1.77. The number of hydrogen-bond acceptors (Lipinski definition) is 6. The number of pyridine rings is 1. The average Bonchev–Trinajstić information content (AvgIpc) is 3.01. The van der Waals surface area contributed by atoms with E-state index in [0.29, 0.717) is 23.2 Å². The lowest BCUT2D eigenvalue weighted by molar-refractivity contribution is 0.370. The highest BCUT2D eigenvalue weighted by molar-refractivity contribution is 8.13. The van der Waals surface area contributed by atoms with Crippen LogP contribution in [0.2, 0.25) is 0 Å². The van der Waals surface area contributed by atoms with Crippen molar-refractivity contribution in [3.8, 4) is 5.88 Å². The number of halogens is 1. The number of benzene rings is 1. The molecule has 2 aliphatic rings. The van der Waals surface area contributed by atoms with Crippen molar-refractivity contribution in [2.75, 3.05) is 30.9 Å².